The van der Waals surface area contributed by atoms with Crippen LogP contribution in [0.15, 0.2) is 60.7 Å². The summed E-state index contributed by atoms with van der Waals surface area (Å²) in [5, 5.41) is 5.62. The Kier molecular flexibility index (Phi) is 5.49. The smallest absolute Gasteiger partial charge is 0.241 e. The number of piperazine rings is 1. The second-order valence-corrected chi connectivity index (χ2v) is 8.18. The maximum atomic E-state index is 12.8. The van der Waals surface area contributed by atoms with E-state index in [1.54, 1.807) is 0 Å². The van der Waals surface area contributed by atoms with Gasteiger partial charge in [0.25, 0.3) is 0 Å². The van der Waals surface area contributed by atoms with Crippen LogP contribution in [0, 0.1) is 0 Å². The average molecular weight is 418 g/mol. The first-order valence-electron chi connectivity index (χ1n) is 10.8. The van der Waals surface area contributed by atoms with Crippen molar-refractivity contribution < 1.29 is 14.3 Å². The SMILES string of the molecule is C[C@@H](C(=O)Nc1ccc2c(c1)OCO2)N1CCN(Cc2cccc3ccccc23)CC1. The van der Waals surface area contributed by atoms with Crippen LogP contribution in [0.2, 0.25) is 0 Å². The summed E-state index contributed by atoms with van der Waals surface area (Å²) < 4.78 is 10.7. The van der Waals surface area contributed by atoms with Gasteiger partial charge in [-0.1, -0.05) is 42.5 Å². The Morgan fingerprint density at radius 3 is 2.61 bits per heavy atom. The number of nitrogens with one attached hydrogen (secondary N) is 1. The van der Waals surface area contributed by atoms with Crippen LogP contribution >= 0.6 is 0 Å². The number of nitrogens with zero attached hydrogens (tertiary/aromatic N) is 2. The quantitative estimate of drug-likeness (QED) is 0.686. The lowest BCUT2D eigenvalue weighted by molar-refractivity contribution is -0.121. The molecule has 2 aliphatic rings. The number of ether oxygens (including phenoxy) is 2. The molecule has 6 heteroatoms. The van der Waals surface area contributed by atoms with Gasteiger partial charge in [-0.3, -0.25) is 14.6 Å². The lowest BCUT2D eigenvalue weighted by atomic mass is 10.0. The summed E-state index contributed by atoms with van der Waals surface area (Å²) in [6, 6.07) is 20.4. The highest BCUT2D eigenvalue weighted by atomic mass is 16.7. The second-order valence-electron chi connectivity index (χ2n) is 8.18. The largest absolute Gasteiger partial charge is 0.454 e. The number of hydrogen-bond donors (Lipinski definition) is 1. The summed E-state index contributed by atoms with van der Waals surface area (Å²) >= 11 is 0. The summed E-state index contributed by atoms with van der Waals surface area (Å²) in [7, 11) is 0. The first kappa shape index (κ1) is 19.8. The number of carbonyl (C=O) groups excluding carboxylic acids is 1. The Balaban J connectivity index is 1.17. The van der Waals surface area contributed by atoms with Gasteiger partial charge in [0.2, 0.25) is 12.7 Å². The number of carbonyl (C=O) groups is 1. The lowest BCUT2D eigenvalue weighted by Gasteiger charge is -2.37. The maximum Gasteiger partial charge on any atom is 0.241 e. The highest BCUT2D eigenvalue weighted by molar-refractivity contribution is 5.94. The van der Waals surface area contributed by atoms with E-state index < -0.39 is 0 Å². The predicted molar refractivity (Wildman–Crippen MR) is 121 cm³/mol. The predicted octanol–water partition coefficient (Wildman–Crippen LogP) is 3.71. The average Bonchev–Trinajstić information content (AvgIpc) is 3.27. The van der Waals surface area contributed by atoms with E-state index in [9.17, 15) is 4.79 Å². The Bertz CT molecular complexity index is 1090. The molecule has 3 aromatic rings. The molecule has 1 saturated heterocycles. The molecule has 1 N–H and O–H groups in total. The molecule has 0 aliphatic carbocycles. The molecule has 6 nitrogen and oxygen atoms in total. The molecular formula is C25H27N3O3. The molecule has 2 heterocycles. The Morgan fingerprint density at radius 1 is 0.968 bits per heavy atom. The second kappa shape index (κ2) is 8.57. The monoisotopic (exact) mass is 417 g/mol. The Morgan fingerprint density at radius 2 is 1.74 bits per heavy atom. The Hall–Kier alpha value is -3.09. The first-order chi connectivity index (χ1) is 15.2. The van der Waals surface area contributed by atoms with Crippen LogP contribution in [0.25, 0.3) is 10.8 Å². The molecule has 160 valence electrons. The molecule has 0 radical (unpaired) electrons. The van der Waals surface area contributed by atoms with Crippen LogP contribution in [0.4, 0.5) is 5.69 Å². The fourth-order valence-corrected chi connectivity index (χ4v) is 4.37. The van der Waals surface area contributed by atoms with Gasteiger partial charge in [0.15, 0.2) is 11.5 Å². The standard InChI is InChI=1S/C25H27N3O3/c1-18(25(29)26-21-9-10-23-24(15-21)31-17-30-23)28-13-11-27(12-14-28)16-20-7-4-6-19-5-2-3-8-22(19)20/h2-10,15,18H,11-14,16-17H2,1H3,(H,26,29)/t18-/m0/s1. The third-order valence-electron chi connectivity index (χ3n) is 6.25. The van der Waals surface area contributed by atoms with E-state index in [1.165, 1.54) is 16.3 Å². The molecule has 0 bridgehead atoms. The van der Waals surface area contributed by atoms with Crippen LogP contribution in [0.3, 0.4) is 0 Å². The van der Waals surface area contributed by atoms with Crippen molar-refractivity contribution in [2.45, 2.75) is 19.5 Å². The van der Waals surface area contributed by atoms with Gasteiger partial charge in [-0.2, -0.15) is 0 Å². The zero-order valence-corrected chi connectivity index (χ0v) is 17.7. The molecule has 0 aromatic heterocycles. The maximum absolute atomic E-state index is 12.8. The van der Waals surface area contributed by atoms with Crippen LogP contribution in [-0.4, -0.2) is 54.7 Å². The van der Waals surface area contributed by atoms with E-state index in [1.807, 2.05) is 25.1 Å². The van der Waals surface area contributed by atoms with Gasteiger partial charge in [-0.05, 0) is 35.4 Å². The van der Waals surface area contributed by atoms with Gasteiger partial charge >= 0.3 is 0 Å². The number of amides is 1. The number of benzene rings is 3. The van der Waals surface area contributed by atoms with Crippen molar-refractivity contribution in [3.8, 4) is 11.5 Å². The van der Waals surface area contributed by atoms with Crippen molar-refractivity contribution in [1.82, 2.24) is 9.80 Å². The summed E-state index contributed by atoms with van der Waals surface area (Å²) in [4.78, 5) is 17.5. The van der Waals surface area contributed by atoms with Crippen molar-refractivity contribution in [1.29, 1.82) is 0 Å². The van der Waals surface area contributed by atoms with Gasteiger partial charge in [0, 0.05) is 44.5 Å². The van der Waals surface area contributed by atoms with Gasteiger partial charge in [0.1, 0.15) is 0 Å². The molecule has 31 heavy (non-hydrogen) atoms. The summed E-state index contributed by atoms with van der Waals surface area (Å²) in [5.41, 5.74) is 2.09. The van der Waals surface area contributed by atoms with Crippen molar-refractivity contribution in [2.75, 3.05) is 38.3 Å². The van der Waals surface area contributed by atoms with E-state index >= 15 is 0 Å². The number of fused-ring (bicyclic) bond motifs is 2. The number of anilines is 1. The molecule has 5 rings (SSSR count). The van der Waals surface area contributed by atoms with Crippen molar-refractivity contribution in [2.24, 2.45) is 0 Å². The highest BCUT2D eigenvalue weighted by Gasteiger charge is 2.26. The van der Waals surface area contributed by atoms with Crippen molar-refractivity contribution in [3.05, 3.63) is 66.2 Å². The third-order valence-corrected chi connectivity index (χ3v) is 6.25. The van der Waals surface area contributed by atoms with E-state index in [0.29, 0.717) is 11.5 Å². The van der Waals surface area contributed by atoms with Gasteiger partial charge in [-0.25, -0.2) is 0 Å². The molecule has 1 fully saturated rings. The zero-order valence-electron chi connectivity index (χ0n) is 17.7. The topological polar surface area (TPSA) is 54.0 Å². The summed E-state index contributed by atoms with van der Waals surface area (Å²) in [6.45, 7) is 6.79. The van der Waals surface area contributed by atoms with Crippen LogP contribution in [0.5, 0.6) is 11.5 Å². The van der Waals surface area contributed by atoms with E-state index in [0.717, 1.165) is 38.4 Å². The number of hydrogen-bond acceptors (Lipinski definition) is 5. The van der Waals surface area contributed by atoms with Gasteiger partial charge in [-0.15, -0.1) is 0 Å². The van der Waals surface area contributed by atoms with Crippen molar-refractivity contribution in [3.63, 3.8) is 0 Å². The third kappa shape index (κ3) is 4.22. The molecule has 1 atom stereocenters. The van der Waals surface area contributed by atoms with E-state index in [4.69, 9.17) is 9.47 Å². The van der Waals surface area contributed by atoms with E-state index in [2.05, 4.69) is 57.6 Å². The molecule has 2 aliphatic heterocycles. The zero-order chi connectivity index (χ0) is 21.2. The molecule has 0 unspecified atom stereocenters. The minimum Gasteiger partial charge on any atom is -0.454 e. The Labute approximate surface area is 182 Å². The highest BCUT2D eigenvalue weighted by Crippen LogP contribution is 2.34. The van der Waals surface area contributed by atoms with Gasteiger partial charge < -0.3 is 14.8 Å². The first-order valence-corrected chi connectivity index (χ1v) is 10.8. The normalized spacial score (nSPS) is 17.6. The number of rotatable bonds is 5. The minimum atomic E-state index is -0.190. The summed E-state index contributed by atoms with van der Waals surface area (Å²) in [5.74, 6) is 1.39. The fraction of sp³-hybridized carbons (Fsp3) is 0.320. The lowest BCUT2D eigenvalue weighted by Crippen LogP contribution is -2.52. The molecule has 3 aromatic carbocycles. The van der Waals surface area contributed by atoms with E-state index in [-0.39, 0.29) is 18.7 Å². The van der Waals surface area contributed by atoms with Crippen LogP contribution in [0.1, 0.15) is 12.5 Å². The van der Waals surface area contributed by atoms with Crippen molar-refractivity contribution >= 4 is 22.4 Å². The molecule has 1 amide bonds. The molecule has 0 saturated carbocycles. The van der Waals surface area contributed by atoms with Crippen LogP contribution in [-0.2, 0) is 11.3 Å². The fourth-order valence-electron chi connectivity index (χ4n) is 4.37. The molecule has 0 spiro atoms. The van der Waals surface area contributed by atoms with Crippen LogP contribution < -0.4 is 14.8 Å². The molecular weight excluding hydrogens is 390 g/mol. The summed E-state index contributed by atoms with van der Waals surface area (Å²) in [6.07, 6.45) is 0. The minimum absolute atomic E-state index is 0.00127. The van der Waals surface area contributed by atoms with Gasteiger partial charge in [0.05, 0.1) is 6.04 Å².